The van der Waals surface area contributed by atoms with Crippen molar-refractivity contribution in [2.45, 2.75) is 25.8 Å². The second kappa shape index (κ2) is 9.59. The van der Waals surface area contributed by atoms with E-state index in [1.54, 1.807) is 25.5 Å². The summed E-state index contributed by atoms with van der Waals surface area (Å²) in [5, 5.41) is 3.46. The molecule has 0 saturated carbocycles. The number of amides is 1. The van der Waals surface area contributed by atoms with Crippen molar-refractivity contribution in [1.82, 2.24) is 10.2 Å². The van der Waals surface area contributed by atoms with Crippen LogP contribution < -0.4 is 15.8 Å². The van der Waals surface area contributed by atoms with E-state index in [9.17, 15) is 4.79 Å². The number of methoxy groups -OCH3 is 1. The van der Waals surface area contributed by atoms with Gasteiger partial charge in [-0.15, -0.1) is 11.3 Å². The molecule has 1 saturated heterocycles. The van der Waals surface area contributed by atoms with Gasteiger partial charge in [-0.1, -0.05) is 0 Å². The van der Waals surface area contributed by atoms with Crippen LogP contribution in [-0.4, -0.2) is 44.0 Å². The highest BCUT2D eigenvalue weighted by Gasteiger charge is 2.23. The molecule has 1 aliphatic heterocycles. The zero-order chi connectivity index (χ0) is 19.9. The molecule has 1 aromatic carbocycles. The van der Waals surface area contributed by atoms with Crippen molar-refractivity contribution < 1.29 is 9.53 Å². The SMILES string of the molecule is CN=C(NCc1ccc(-c2ccc(OC)cc2)s1)N1CCCC(CC(N)=O)C1. The molecule has 2 aromatic rings. The number of carbonyl (C=O) groups excluding carboxylic acids is 1. The number of hydrogen-bond acceptors (Lipinski definition) is 4. The Bertz CT molecular complexity index is 816. The lowest BCUT2D eigenvalue weighted by molar-refractivity contribution is -0.119. The summed E-state index contributed by atoms with van der Waals surface area (Å²) in [4.78, 5) is 20.4. The number of aliphatic imine (C=N–C) groups is 1. The minimum Gasteiger partial charge on any atom is -0.497 e. The number of nitrogens with two attached hydrogens (primary N) is 1. The topological polar surface area (TPSA) is 80.0 Å². The number of ether oxygens (including phenoxy) is 1. The normalized spacial score (nSPS) is 17.4. The molecule has 1 aromatic heterocycles. The first-order chi connectivity index (χ1) is 13.6. The molecule has 0 radical (unpaired) electrons. The lowest BCUT2D eigenvalue weighted by Gasteiger charge is -2.34. The maximum atomic E-state index is 11.2. The molecule has 0 spiro atoms. The summed E-state index contributed by atoms with van der Waals surface area (Å²) in [7, 11) is 3.48. The maximum Gasteiger partial charge on any atom is 0.217 e. The lowest BCUT2D eigenvalue weighted by atomic mass is 9.95. The smallest absolute Gasteiger partial charge is 0.217 e. The molecule has 1 aliphatic rings. The molecule has 1 fully saturated rings. The Hall–Kier alpha value is -2.54. The number of nitrogens with zero attached hydrogens (tertiary/aromatic N) is 2. The number of primary amides is 1. The number of piperidine rings is 1. The molecule has 1 amide bonds. The van der Waals surface area contributed by atoms with Crippen LogP contribution in [0.5, 0.6) is 5.75 Å². The van der Waals surface area contributed by atoms with Crippen molar-refractivity contribution >= 4 is 23.2 Å². The van der Waals surface area contributed by atoms with Gasteiger partial charge >= 0.3 is 0 Å². The Morgan fingerprint density at radius 1 is 1.32 bits per heavy atom. The lowest BCUT2D eigenvalue weighted by Crippen LogP contribution is -2.46. The Labute approximate surface area is 170 Å². The predicted molar refractivity (Wildman–Crippen MR) is 115 cm³/mol. The largest absolute Gasteiger partial charge is 0.497 e. The quantitative estimate of drug-likeness (QED) is 0.577. The average Bonchev–Trinajstić information content (AvgIpc) is 3.17. The molecule has 2 heterocycles. The third-order valence-electron chi connectivity index (χ3n) is 4.98. The van der Waals surface area contributed by atoms with Crippen LogP contribution in [0.1, 0.15) is 24.1 Å². The molecule has 150 valence electrons. The summed E-state index contributed by atoms with van der Waals surface area (Å²) in [6.45, 7) is 2.51. The molecule has 7 heteroatoms. The maximum absolute atomic E-state index is 11.2. The van der Waals surface area contributed by atoms with Crippen molar-refractivity contribution in [3.63, 3.8) is 0 Å². The van der Waals surface area contributed by atoms with Gasteiger partial charge < -0.3 is 20.7 Å². The van der Waals surface area contributed by atoms with E-state index in [4.69, 9.17) is 10.5 Å². The van der Waals surface area contributed by atoms with Gasteiger partial charge in [0.1, 0.15) is 5.75 Å². The van der Waals surface area contributed by atoms with Crippen LogP contribution in [-0.2, 0) is 11.3 Å². The summed E-state index contributed by atoms with van der Waals surface area (Å²) in [6.07, 6.45) is 2.55. The number of hydrogen-bond donors (Lipinski definition) is 2. The van der Waals surface area contributed by atoms with Gasteiger partial charge in [-0.05, 0) is 60.7 Å². The molecule has 1 atom stereocenters. The van der Waals surface area contributed by atoms with E-state index in [0.717, 1.165) is 44.2 Å². The van der Waals surface area contributed by atoms with Crippen LogP contribution in [0.15, 0.2) is 41.4 Å². The fraction of sp³-hybridized carbons (Fsp3) is 0.429. The van der Waals surface area contributed by atoms with Crippen molar-refractivity contribution in [2.24, 2.45) is 16.6 Å². The molecule has 28 heavy (non-hydrogen) atoms. The van der Waals surface area contributed by atoms with Crippen LogP contribution in [0.2, 0.25) is 0 Å². The zero-order valence-electron chi connectivity index (χ0n) is 16.5. The van der Waals surface area contributed by atoms with Gasteiger partial charge in [0, 0.05) is 36.3 Å². The standard InChI is InChI=1S/C21H28N4O2S/c1-23-21(25-11-3-4-15(14-25)12-20(22)26)24-13-18-9-10-19(28-18)16-5-7-17(27-2)8-6-16/h5-10,15H,3-4,11-14H2,1-2H3,(H2,22,26)(H,23,24). The average molecular weight is 401 g/mol. The van der Waals surface area contributed by atoms with Crippen LogP contribution in [0.25, 0.3) is 10.4 Å². The first kappa shape index (κ1) is 20.2. The summed E-state index contributed by atoms with van der Waals surface area (Å²) in [5.74, 6) is 1.84. The zero-order valence-corrected chi connectivity index (χ0v) is 17.3. The molecule has 3 N–H and O–H groups in total. The number of rotatable bonds is 6. The van der Waals surface area contributed by atoms with Crippen molar-refractivity contribution in [2.75, 3.05) is 27.2 Å². The van der Waals surface area contributed by atoms with Crippen molar-refractivity contribution in [3.8, 4) is 16.2 Å². The number of benzene rings is 1. The monoisotopic (exact) mass is 400 g/mol. The Morgan fingerprint density at radius 3 is 2.79 bits per heavy atom. The Kier molecular flexibility index (Phi) is 6.92. The van der Waals surface area contributed by atoms with Gasteiger partial charge in [-0.2, -0.15) is 0 Å². The van der Waals surface area contributed by atoms with Gasteiger partial charge in [-0.3, -0.25) is 9.79 Å². The first-order valence-electron chi connectivity index (χ1n) is 9.56. The van der Waals surface area contributed by atoms with Crippen molar-refractivity contribution in [1.29, 1.82) is 0 Å². The fourth-order valence-corrected chi connectivity index (χ4v) is 4.54. The Morgan fingerprint density at radius 2 is 2.11 bits per heavy atom. The first-order valence-corrected chi connectivity index (χ1v) is 10.4. The third-order valence-corrected chi connectivity index (χ3v) is 6.11. The van der Waals surface area contributed by atoms with E-state index in [-0.39, 0.29) is 5.91 Å². The minimum atomic E-state index is -0.223. The minimum absolute atomic E-state index is 0.223. The van der Waals surface area contributed by atoms with Gasteiger partial charge in [-0.25, -0.2) is 0 Å². The van der Waals surface area contributed by atoms with E-state index >= 15 is 0 Å². The number of carbonyl (C=O) groups is 1. The molecule has 0 aliphatic carbocycles. The molecule has 1 unspecified atom stereocenters. The van der Waals surface area contributed by atoms with E-state index in [2.05, 4.69) is 39.5 Å². The Balaban J connectivity index is 1.58. The number of likely N-dealkylation sites (tertiary alicyclic amines) is 1. The highest BCUT2D eigenvalue weighted by atomic mass is 32.1. The van der Waals surface area contributed by atoms with E-state index < -0.39 is 0 Å². The van der Waals surface area contributed by atoms with Gasteiger partial charge in [0.05, 0.1) is 13.7 Å². The van der Waals surface area contributed by atoms with Crippen LogP contribution >= 0.6 is 11.3 Å². The van der Waals surface area contributed by atoms with E-state index in [1.807, 2.05) is 12.1 Å². The molecule has 0 bridgehead atoms. The number of guanidine groups is 1. The third kappa shape index (κ3) is 5.25. The summed E-state index contributed by atoms with van der Waals surface area (Å²) in [5.41, 5.74) is 6.56. The van der Waals surface area contributed by atoms with Gasteiger partial charge in [0.15, 0.2) is 5.96 Å². The summed E-state index contributed by atoms with van der Waals surface area (Å²) >= 11 is 1.77. The predicted octanol–water partition coefficient (Wildman–Crippen LogP) is 3.09. The number of nitrogens with one attached hydrogen (secondary N) is 1. The number of thiophene rings is 1. The van der Waals surface area contributed by atoms with Crippen LogP contribution in [0, 0.1) is 5.92 Å². The van der Waals surface area contributed by atoms with E-state index in [1.165, 1.54) is 15.3 Å². The van der Waals surface area contributed by atoms with Gasteiger partial charge in [0.25, 0.3) is 0 Å². The molecule has 3 rings (SSSR count). The van der Waals surface area contributed by atoms with Gasteiger partial charge in [0.2, 0.25) is 5.91 Å². The highest BCUT2D eigenvalue weighted by Crippen LogP contribution is 2.29. The summed E-state index contributed by atoms with van der Waals surface area (Å²) < 4.78 is 5.22. The van der Waals surface area contributed by atoms with Crippen LogP contribution in [0.4, 0.5) is 0 Å². The fourth-order valence-electron chi connectivity index (χ4n) is 3.59. The second-order valence-electron chi connectivity index (χ2n) is 7.02. The molecular weight excluding hydrogens is 372 g/mol. The summed E-state index contributed by atoms with van der Waals surface area (Å²) in [6, 6.07) is 12.4. The highest BCUT2D eigenvalue weighted by molar-refractivity contribution is 7.15. The molecular formula is C21H28N4O2S. The second-order valence-corrected chi connectivity index (χ2v) is 8.19. The van der Waals surface area contributed by atoms with E-state index in [0.29, 0.717) is 12.3 Å². The van der Waals surface area contributed by atoms with Crippen LogP contribution in [0.3, 0.4) is 0 Å². The molecule has 6 nitrogen and oxygen atoms in total. The van der Waals surface area contributed by atoms with Crippen molar-refractivity contribution in [3.05, 3.63) is 41.3 Å².